The highest BCUT2D eigenvalue weighted by Crippen LogP contribution is 2.28. The second-order valence-corrected chi connectivity index (χ2v) is 12.2. The Morgan fingerprint density at radius 1 is 1.00 bits per heavy atom. The van der Waals surface area contributed by atoms with Crippen LogP contribution in [0.2, 0.25) is 5.02 Å². The fourth-order valence-electron chi connectivity index (χ4n) is 4.01. The van der Waals surface area contributed by atoms with Crippen molar-refractivity contribution in [3.8, 4) is 5.75 Å². The lowest BCUT2D eigenvalue weighted by molar-refractivity contribution is -0.120. The number of aliphatic hydroxyl groups excluding tert-OH is 1. The van der Waals surface area contributed by atoms with Gasteiger partial charge in [-0.25, -0.2) is 8.42 Å². The van der Waals surface area contributed by atoms with Gasteiger partial charge >= 0.3 is 0 Å². The minimum Gasteiger partial charge on any atom is -0.506 e. The third-order valence-electron chi connectivity index (χ3n) is 5.88. The molecule has 0 radical (unpaired) electrons. The van der Waals surface area contributed by atoms with Crippen LogP contribution in [0, 0.1) is 0 Å². The lowest BCUT2D eigenvalue weighted by atomic mass is 9.93. The second kappa shape index (κ2) is 12.6. The van der Waals surface area contributed by atoms with Crippen molar-refractivity contribution in [2.45, 2.75) is 44.9 Å². The number of aromatic hydroxyl groups is 1. The quantitative estimate of drug-likeness (QED) is 0.214. The predicted octanol–water partition coefficient (Wildman–Crippen LogP) is 3.92. The molecule has 0 bridgehead atoms. The van der Waals surface area contributed by atoms with E-state index >= 15 is 0 Å². The molecule has 0 spiro atoms. The molecule has 0 saturated heterocycles. The number of hydrogen-bond acceptors (Lipinski definition) is 6. The van der Waals surface area contributed by atoms with E-state index in [4.69, 9.17) is 11.6 Å². The first kappa shape index (κ1) is 29.4. The molecule has 0 saturated carbocycles. The zero-order valence-corrected chi connectivity index (χ0v) is 23.2. The third-order valence-corrected chi connectivity index (χ3v) is 6.72. The highest BCUT2D eigenvalue weighted by Gasteiger charge is 2.21. The number of phenols is 1. The van der Waals surface area contributed by atoms with Crippen LogP contribution in [0.4, 0.5) is 5.69 Å². The number of phenolic OH excluding ortho intramolecular Hbond substituents is 1. The van der Waals surface area contributed by atoms with Gasteiger partial charge in [0.1, 0.15) is 5.75 Å². The van der Waals surface area contributed by atoms with Gasteiger partial charge in [-0.05, 0) is 66.8 Å². The van der Waals surface area contributed by atoms with E-state index in [1.165, 1.54) is 12.1 Å². The first-order valence-corrected chi connectivity index (χ1v) is 14.4. The Morgan fingerprint density at radius 2 is 1.68 bits per heavy atom. The predicted molar refractivity (Wildman–Crippen MR) is 151 cm³/mol. The summed E-state index contributed by atoms with van der Waals surface area (Å²) in [5.41, 5.74) is 3.01. The topological polar surface area (TPSA) is 128 Å². The van der Waals surface area contributed by atoms with Gasteiger partial charge in [0.25, 0.3) is 0 Å². The summed E-state index contributed by atoms with van der Waals surface area (Å²) in [5, 5.41) is 27.5. The van der Waals surface area contributed by atoms with Crippen molar-refractivity contribution in [1.29, 1.82) is 0 Å². The Morgan fingerprint density at radius 3 is 2.37 bits per heavy atom. The van der Waals surface area contributed by atoms with Crippen LogP contribution < -0.4 is 15.4 Å². The molecule has 3 rings (SSSR count). The number of carbonyl (C=O) groups excluding carboxylic acids is 1. The summed E-state index contributed by atoms with van der Waals surface area (Å²) in [6, 6.07) is 19.5. The van der Waals surface area contributed by atoms with E-state index in [1.54, 1.807) is 18.2 Å². The van der Waals surface area contributed by atoms with E-state index < -0.39 is 16.1 Å². The number of rotatable bonds is 12. The Labute approximate surface area is 229 Å². The number of amides is 1. The fourth-order valence-corrected chi connectivity index (χ4v) is 4.70. The number of carbonyl (C=O) groups is 1. The summed E-state index contributed by atoms with van der Waals surface area (Å²) in [4.78, 5) is 12.5. The SMILES string of the molecule is CC(C)(Cc1cccc(CC(=O)NCc2ccc(Cl)cc2)c1)NC[C@@H](O)c1ccc(O)c(NS(C)(=O)=O)c1. The monoisotopic (exact) mass is 559 g/mol. The van der Waals surface area contributed by atoms with Gasteiger partial charge in [-0.3, -0.25) is 9.52 Å². The van der Waals surface area contributed by atoms with E-state index in [0.717, 1.165) is 22.9 Å². The molecule has 0 aliphatic rings. The second-order valence-electron chi connectivity index (χ2n) is 10.0. The summed E-state index contributed by atoms with van der Waals surface area (Å²) in [6.45, 7) is 4.67. The maximum atomic E-state index is 12.5. The summed E-state index contributed by atoms with van der Waals surface area (Å²) < 4.78 is 25.3. The number of hydrogen-bond donors (Lipinski definition) is 5. The van der Waals surface area contributed by atoms with Gasteiger partial charge in [0.2, 0.25) is 15.9 Å². The van der Waals surface area contributed by atoms with Crippen molar-refractivity contribution in [3.05, 3.63) is 94.0 Å². The molecule has 204 valence electrons. The molecular weight excluding hydrogens is 526 g/mol. The van der Waals surface area contributed by atoms with Gasteiger partial charge in [-0.2, -0.15) is 0 Å². The molecule has 8 nitrogen and oxygen atoms in total. The lowest BCUT2D eigenvalue weighted by Crippen LogP contribution is -2.43. The highest BCUT2D eigenvalue weighted by atomic mass is 35.5. The smallest absolute Gasteiger partial charge is 0.229 e. The van der Waals surface area contributed by atoms with Crippen LogP contribution in [0.3, 0.4) is 0 Å². The van der Waals surface area contributed by atoms with Crippen molar-refractivity contribution in [2.24, 2.45) is 0 Å². The molecule has 0 aliphatic heterocycles. The zero-order chi connectivity index (χ0) is 27.9. The van der Waals surface area contributed by atoms with Crippen LogP contribution in [0.5, 0.6) is 5.75 Å². The largest absolute Gasteiger partial charge is 0.506 e. The highest BCUT2D eigenvalue weighted by molar-refractivity contribution is 7.92. The molecule has 1 atom stereocenters. The molecule has 3 aromatic carbocycles. The fraction of sp³-hybridized carbons (Fsp3) is 0.321. The van der Waals surface area contributed by atoms with Gasteiger partial charge in [0.15, 0.2) is 0 Å². The van der Waals surface area contributed by atoms with Crippen molar-refractivity contribution in [2.75, 3.05) is 17.5 Å². The molecular formula is C28H34ClN3O5S. The average Bonchev–Trinajstić information content (AvgIpc) is 2.83. The number of aliphatic hydroxyl groups is 1. The summed E-state index contributed by atoms with van der Waals surface area (Å²) in [7, 11) is -3.58. The molecule has 0 heterocycles. The van der Waals surface area contributed by atoms with Crippen LogP contribution in [-0.2, 0) is 34.2 Å². The van der Waals surface area contributed by atoms with E-state index in [0.29, 0.717) is 23.6 Å². The summed E-state index contributed by atoms with van der Waals surface area (Å²) in [6.07, 6.45) is 0.975. The van der Waals surface area contributed by atoms with Gasteiger partial charge in [-0.15, -0.1) is 0 Å². The number of β-amino-alcohol motifs (C(OH)–C–C–N with tert-alkyl or cyclic N) is 1. The average molecular weight is 560 g/mol. The zero-order valence-electron chi connectivity index (χ0n) is 21.7. The lowest BCUT2D eigenvalue weighted by Gasteiger charge is -2.28. The number of benzene rings is 3. The normalized spacial score (nSPS) is 12.7. The van der Waals surface area contributed by atoms with Crippen LogP contribution in [0.25, 0.3) is 0 Å². The van der Waals surface area contributed by atoms with E-state index in [1.807, 2.05) is 50.2 Å². The molecule has 0 fully saturated rings. The van der Waals surface area contributed by atoms with Crippen molar-refractivity contribution in [1.82, 2.24) is 10.6 Å². The molecule has 10 heteroatoms. The molecule has 3 aromatic rings. The van der Waals surface area contributed by atoms with Gasteiger partial charge < -0.3 is 20.8 Å². The van der Waals surface area contributed by atoms with E-state index in [9.17, 15) is 23.4 Å². The van der Waals surface area contributed by atoms with Crippen LogP contribution >= 0.6 is 11.6 Å². The van der Waals surface area contributed by atoms with Crippen LogP contribution in [0.1, 0.15) is 42.2 Å². The van der Waals surface area contributed by atoms with E-state index in [-0.39, 0.29) is 35.8 Å². The number of halogens is 1. The Balaban J connectivity index is 1.54. The van der Waals surface area contributed by atoms with Crippen molar-refractivity contribution in [3.63, 3.8) is 0 Å². The summed E-state index contributed by atoms with van der Waals surface area (Å²) in [5.74, 6) is -0.297. The Kier molecular flexibility index (Phi) is 9.78. The van der Waals surface area contributed by atoms with Crippen LogP contribution in [0.15, 0.2) is 66.7 Å². The Hall–Kier alpha value is -3.11. The first-order chi connectivity index (χ1) is 17.8. The maximum Gasteiger partial charge on any atom is 0.229 e. The first-order valence-electron chi connectivity index (χ1n) is 12.1. The molecule has 0 aliphatic carbocycles. The van der Waals surface area contributed by atoms with E-state index in [2.05, 4.69) is 15.4 Å². The maximum absolute atomic E-state index is 12.5. The van der Waals surface area contributed by atoms with Gasteiger partial charge in [-0.1, -0.05) is 54.1 Å². The number of nitrogens with one attached hydrogen (secondary N) is 3. The van der Waals surface area contributed by atoms with Crippen LogP contribution in [-0.4, -0.2) is 42.9 Å². The standard InChI is InChI=1S/C28H34ClN3O5S/c1-28(2,31-18-26(34)22-9-12-25(33)24(15-22)32-38(3,36)37)16-21-6-4-5-20(13-21)14-27(35)30-17-19-7-10-23(29)11-8-19/h4-13,15,26,31-34H,14,16-18H2,1-3H3,(H,30,35)/t26-/m1/s1. The molecule has 5 N–H and O–H groups in total. The van der Waals surface area contributed by atoms with Crippen molar-refractivity contribution >= 4 is 33.2 Å². The minimum absolute atomic E-state index is 0.0114. The number of sulfonamides is 1. The van der Waals surface area contributed by atoms with Crippen molar-refractivity contribution < 1.29 is 23.4 Å². The van der Waals surface area contributed by atoms with Gasteiger partial charge in [0.05, 0.1) is 24.5 Å². The Bertz CT molecular complexity index is 1360. The third kappa shape index (κ3) is 9.64. The molecule has 0 unspecified atom stereocenters. The molecule has 1 amide bonds. The van der Waals surface area contributed by atoms with Gasteiger partial charge in [0, 0.05) is 23.7 Å². The molecule has 38 heavy (non-hydrogen) atoms. The summed E-state index contributed by atoms with van der Waals surface area (Å²) >= 11 is 5.90. The number of anilines is 1. The molecule has 0 aromatic heterocycles. The minimum atomic E-state index is -3.58.